The van der Waals surface area contributed by atoms with Gasteiger partial charge in [0.05, 0.1) is 0 Å². The average Bonchev–Trinajstić information content (AvgIpc) is 2.55. The third-order valence-corrected chi connectivity index (χ3v) is 4.52. The Hall–Kier alpha value is -0.700. The van der Waals surface area contributed by atoms with E-state index in [1.165, 1.54) is 24.3 Å². The molecule has 0 spiro atoms. The Morgan fingerprint density at radius 2 is 1.83 bits per heavy atom. The summed E-state index contributed by atoms with van der Waals surface area (Å²) < 4.78 is 13.0. The van der Waals surface area contributed by atoms with Gasteiger partial charge in [-0.05, 0) is 49.1 Å². The summed E-state index contributed by atoms with van der Waals surface area (Å²) in [6.45, 7) is 4.29. The fourth-order valence-corrected chi connectivity index (χ4v) is 2.99. The molecule has 1 saturated heterocycles. The normalized spacial score (nSPS) is 15.5. The van der Waals surface area contributed by atoms with Crippen LogP contribution in [0.2, 0.25) is 0 Å². The maximum absolute atomic E-state index is 13.0. The van der Waals surface area contributed by atoms with E-state index >= 15 is 0 Å². The zero-order valence-electron chi connectivity index (χ0n) is 13.6. The van der Waals surface area contributed by atoms with Crippen molar-refractivity contribution in [3.05, 3.63) is 30.1 Å². The van der Waals surface area contributed by atoms with Gasteiger partial charge in [-0.25, -0.2) is 4.39 Å². The van der Waals surface area contributed by atoms with E-state index in [1.807, 2.05) is 23.9 Å². The van der Waals surface area contributed by atoms with Gasteiger partial charge in [0, 0.05) is 38.4 Å². The van der Waals surface area contributed by atoms with E-state index in [-0.39, 0.29) is 29.8 Å². The Morgan fingerprint density at radius 3 is 2.43 bits per heavy atom. The molecule has 0 amide bonds. The van der Waals surface area contributed by atoms with Gasteiger partial charge in [-0.1, -0.05) is 0 Å². The Bertz CT molecular complexity index is 475. The van der Waals surface area contributed by atoms with Gasteiger partial charge in [0.25, 0.3) is 0 Å². The molecule has 1 aromatic carbocycles. The second kappa shape index (κ2) is 11.0. The van der Waals surface area contributed by atoms with Crippen molar-refractivity contribution in [3.63, 3.8) is 0 Å². The van der Waals surface area contributed by atoms with Crippen LogP contribution in [0.3, 0.4) is 0 Å². The van der Waals surface area contributed by atoms with Gasteiger partial charge >= 0.3 is 0 Å². The standard InChI is InChI=1S/C16H25FN4S.HI/c1-22-13-3-2-8-19-16(18)21-11-9-20(10-12-21)15-6-4-14(17)5-7-15;/h4-7H,2-3,8-13H2,1H3,(H2,18,19);1H. The van der Waals surface area contributed by atoms with E-state index in [1.54, 1.807) is 0 Å². The molecule has 7 heteroatoms. The van der Waals surface area contributed by atoms with Crippen molar-refractivity contribution in [2.24, 2.45) is 10.7 Å². The van der Waals surface area contributed by atoms with Crippen LogP contribution in [-0.4, -0.2) is 55.6 Å². The summed E-state index contributed by atoms with van der Waals surface area (Å²) in [4.78, 5) is 8.86. The molecule has 1 heterocycles. The summed E-state index contributed by atoms with van der Waals surface area (Å²) >= 11 is 1.87. The molecule has 0 bridgehead atoms. The highest BCUT2D eigenvalue weighted by molar-refractivity contribution is 14.0. The minimum Gasteiger partial charge on any atom is -0.370 e. The molecule has 0 radical (unpaired) electrons. The van der Waals surface area contributed by atoms with E-state index < -0.39 is 0 Å². The van der Waals surface area contributed by atoms with Gasteiger partial charge < -0.3 is 15.5 Å². The van der Waals surface area contributed by atoms with E-state index in [0.29, 0.717) is 5.96 Å². The van der Waals surface area contributed by atoms with Crippen molar-refractivity contribution >= 4 is 47.4 Å². The number of unbranched alkanes of at least 4 members (excludes halogenated alkanes) is 1. The molecule has 4 nitrogen and oxygen atoms in total. The molecule has 2 rings (SSSR count). The second-order valence-electron chi connectivity index (χ2n) is 5.39. The van der Waals surface area contributed by atoms with E-state index in [2.05, 4.69) is 21.0 Å². The van der Waals surface area contributed by atoms with Gasteiger partial charge in [-0.2, -0.15) is 11.8 Å². The molecule has 23 heavy (non-hydrogen) atoms. The first-order chi connectivity index (χ1) is 10.7. The van der Waals surface area contributed by atoms with Crippen LogP contribution >= 0.6 is 35.7 Å². The third kappa shape index (κ3) is 6.74. The number of aliphatic imine (C=N–C) groups is 1. The van der Waals surface area contributed by atoms with E-state index in [9.17, 15) is 4.39 Å². The highest BCUT2D eigenvalue weighted by Gasteiger charge is 2.18. The molecule has 1 fully saturated rings. The number of nitrogens with two attached hydrogens (primary N) is 1. The Balaban J connectivity index is 0.00000264. The molecule has 1 aliphatic rings. The molecule has 1 aliphatic heterocycles. The first-order valence-corrected chi connectivity index (χ1v) is 9.14. The number of rotatable bonds is 6. The molecule has 130 valence electrons. The third-order valence-electron chi connectivity index (χ3n) is 3.83. The van der Waals surface area contributed by atoms with Gasteiger partial charge in [-0.3, -0.25) is 4.99 Å². The molecule has 0 aliphatic carbocycles. The molecule has 0 atom stereocenters. The van der Waals surface area contributed by atoms with Gasteiger partial charge in [0.2, 0.25) is 0 Å². The van der Waals surface area contributed by atoms with Gasteiger partial charge in [-0.15, -0.1) is 24.0 Å². The van der Waals surface area contributed by atoms with Gasteiger partial charge in [0.15, 0.2) is 5.96 Å². The minimum atomic E-state index is -0.194. The quantitative estimate of drug-likeness (QED) is 0.312. The number of halogens is 2. The highest BCUT2D eigenvalue weighted by Crippen LogP contribution is 2.16. The molecule has 0 aromatic heterocycles. The van der Waals surface area contributed by atoms with Crippen LogP contribution < -0.4 is 10.6 Å². The maximum Gasteiger partial charge on any atom is 0.191 e. The summed E-state index contributed by atoms with van der Waals surface area (Å²) in [7, 11) is 0. The average molecular weight is 452 g/mol. The van der Waals surface area contributed by atoms with Crippen LogP contribution in [0.5, 0.6) is 0 Å². The Labute approximate surface area is 159 Å². The lowest BCUT2D eigenvalue weighted by atomic mass is 10.2. The molecular formula is C16H26FIN4S. The summed E-state index contributed by atoms with van der Waals surface area (Å²) in [5.41, 5.74) is 7.13. The number of hydrogen-bond acceptors (Lipinski definition) is 3. The van der Waals surface area contributed by atoms with Crippen LogP contribution in [0.1, 0.15) is 12.8 Å². The van der Waals surface area contributed by atoms with E-state index in [4.69, 9.17) is 5.73 Å². The van der Waals surface area contributed by atoms with Crippen molar-refractivity contribution in [1.29, 1.82) is 0 Å². The zero-order chi connectivity index (χ0) is 15.8. The molecule has 0 unspecified atom stereocenters. The van der Waals surface area contributed by atoms with Crippen LogP contribution in [0.25, 0.3) is 0 Å². The van der Waals surface area contributed by atoms with Crippen LogP contribution in [0.4, 0.5) is 10.1 Å². The van der Waals surface area contributed by atoms with Gasteiger partial charge in [0.1, 0.15) is 5.82 Å². The van der Waals surface area contributed by atoms with Crippen LogP contribution in [-0.2, 0) is 0 Å². The first-order valence-electron chi connectivity index (χ1n) is 7.75. The Morgan fingerprint density at radius 1 is 1.17 bits per heavy atom. The smallest absolute Gasteiger partial charge is 0.191 e. The predicted molar refractivity (Wildman–Crippen MR) is 110 cm³/mol. The topological polar surface area (TPSA) is 44.9 Å². The lowest BCUT2D eigenvalue weighted by Crippen LogP contribution is -2.51. The number of thioether (sulfide) groups is 1. The summed E-state index contributed by atoms with van der Waals surface area (Å²) in [6, 6.07) is 6.67. The monoisotopic (exact) mass is 452 g/mol. The van der Waals surface area contributed by atoms with Crippen LogP contribution in [0.15, 0.2) is 29.3 Å². The molecule has 1 aromatic rings. The van der Waals surface area contributed by atoms with Crippen LogP contribution in [0, 0.1) is 5.82 Å². The predicted octanol–water partition coefficient (Wildman–Crippen LogP) is 3.02. The number of piperazine rings is 1. The lowest BCUT2D eigenvalue weighted by molar-refractivity contribution is 0.380. The van der Waals surface area contributed by atoms with Crippen molar-refractivity contribution in [1.82, 2.24) is 4.90 Å². The molecule has 2 N–H and O–H groups in total. The number of guanidine groups is 1. The van der Waals surface area contributed by atoms with Crippen molar-refractivity contribution < 1.29 is 4.39 Å². The fraction of sp³-hybridized carbons (Fsp3) is 0.562. The summed E-state index contributed by atoms with van der Waals surface area (Å²) in [5, 5.41) is 0. The number of nitrogens with zero attached hydrogens (tertiary/aromatic N) is 3. The largest absolute Gasteiger partial charge is 0.370 e. The molecular weight excluding hydrogens is 426 g/mol. The fourth-order valence-electron chi connectivity index (χ4n) is 2.50. The van der Waals surface area contributed by atoms with E-state index in [0.717, 1.165) is 44.8 Å². The summed E-state index contributed by atoms with van der Waals surface area (Å²) in [5.74, 6) is 1.65. The number of hydrogen-bond donors (Lipinski definition) is 1. The Kier molecular flexibility index (Phi) is 9.69. The first kappa shape index (κ1) is 20.3. The zero-order valence-corrected chi connectivity index (χ0v) is 16.7. The van der Waals surface area contributed by atoms with Crippen molar-refractivity contribution in [2.45, 2.75) is 12.8 Å². The highest BCUT2D eigenvalue weighted by atomic mass is 127. The molecule has 0 saturated carbocycles. The lowest BCUT2D eigenvalue weighted by Gasteiger charge is -2.36. The van der Waals surface area contributed by atoms with Crippen molar-refractivity contribution in [3.8, 4) is 0 Å². The maximum atomic E-state index is 13.0. The van der Waals surface area contributed by atoms with Crippen molar-refractivity contribution in [2.75, 3.05) is 49.6 Å². The SMILES string of the molecule is CSCCCCN=C(N)N1CCN(c2ccc(F)cc2)CC1.I. The summed E-state index contributed by atoms with van der Waals surface area (Å²) in [6.07, 6.45) is 4.41. The number of benzene rings is 1. The second-order valence-corrected chi connectivity index (χ2v) is 6.38. The number of anilines is 1. The minimum absolute atomic E-state index is 0.